The van der Waals surface area contributed by atoms with E-state index in [9.17, 15) is 0 Å². The minimum Gasteiger partial charge on any atom is -0.356 e. The second-order valence-corrected chi connectivity index (χ2v) is 4.93. The number of alkyl halides is 1. The van der Waals surface area contributed by atoms with Crippen LogP contribution >= 0.6 is 11.6 Å². The Bertz CT molecular complexity index is 359. The summed E-state index contributed by atoms with van der Waals surface area (Å²) in [5.74, 6) is 1.65. The number of nitrogens with zero attached hydrogens (tertiary/aromatic N) is 2. The van der Waals surface area contributed by atoms with E-state index in [-0.39, 0.29) is 0 Å². The van der Waals surface area contributed by atoms with Gasteiger partial charge < -0.3 is 4.90 Å². The molecule has 0 bridgehead atoms. The molecule has 0 spiro atoms. The van der Waals surface area contributed by atoms with E-state index in [0.717, 1.165) is 11.4 Å². The number of aromatic nitrogens is 1. The predicted octanol–water partition coefficient (Wildman–Crippen LogP) is 3.51. The summed E-state index contributed by atoms with van der Waals surface area (Å²) in [4.78, 5) is 6.87. The van der Waals surface area contributed by atoms with Gasteiger partial charge >= 0.3 is 0 Å². The maximum Gasteiger partial charge on any atom is 0.131 e. The average molecular weight is 239 g/mol. The Morgan fingerprint density at radius 2 is 2.12 bits per heavy atom. The summed E-state index contributed by atoms with van der Waals surface area (Å²) in [6, 6.07) is 2.81. The SMILES string of the molecule is Cc1cc(CCl)cnc1N(C)C1CCCC1. The van der Waals surface area contributed by atoms with Crippen molar-refractivity contribution in [3.05, 3.63) is 23.4 Å². The highest BCUT2D eigenvalue weighted by Crippen LogP contribution is 2.27. The summed E-state index contributed by atoms with van der Waals surface area (Å²) in [5.41, 5.74) is 2.33. The molecule has 16 heavy (non-hydrogen) atoms. The minimum absolute atomic E-state index is 0.543. The molecule has 2 nitrogen and oxygen atoms in total. The number of hydrogen-bond donors (Lipinski definition) is 0. The fourth-order valence-corrected chi connectivity index (χ4v) is 2.68. The molecule has 0 saturated heterocycles. The molecule has 88 valence electrons. The zero-order chi connectivity index (χ0) is 11.5. The molecule has 0 N–H and O–H groups in total. The van der Waals surface area contributed by atoms with Crippen molar-refractivity contribution in [1.82, 2.24) is 4.98 Å². The van der Waals surface area contributed by atoms with Gasteiger partial charge in [-0.15, -0.1) is 11.6 Å². The van der Waals surface area contributed by atoms with E-state index in [1.54, 1.807) is 0 Å². The molecular weight excluding hydrogens is 220 g/mol. The lowest BCUT2D eigenvalue weighted by Crippen LogP contribution is -2.30. The van der Waals surface area contributed by atoms with Gasteiger partial charge in [-0.05, 0) is 37.0 Å². The fourth-order valence-electron chi connectivity index (χ4n) is 2.53. The van der Waals surface area contributed by atoms with Gasteiger partial charge in [-0.3, -0.25) is 0 Å². The van der Waals surface area contributed by atoms with Gasteiger partial charge in [0.2, 0.25) is 0 Å². The third kappa shape index (κ3) is 2.32. The molecule has 1 aromatic heterocycles. The van der Waals surface area contributed by atoms with Gasteiger partial charge in [0.15, 0.2) is 0 Å². The molecular formula is C13H19ClN2. The minimum atomic E-state index is 0.543. The van der Waals surface area contributed by atoms with Crippen molar-refractivity contribution in [2.75, 3.05) is 11.9 Å². The quantitative estimate of drug-likeness (QED) is 0.750. The van der Waals surface area contributed by atoms with Crippen LogP contribution in [-0.2, 0) is 5.88 Å². The summed E-state index contributed by atoms with van der Waals surface area (Å²) in [7, 11) is 2.16. The third-order valence-electron chi connectivity index (χ3n) is 3.47. The molecule has 1 fully saturated rings. The number of hydrogen-bond acceptors (Lipinski definition) is 2. The van der Waals surface area contributed by atoms with Crippen LogP contribution in [0, 0.1) is 6.92 Å². The molecule has 0 amide bonds. The van der Waals surface area contributed by atoms with Gasteiger partial charge in [0, 0.05) is 25.2 Å². The Labute approximate surface area is 103 Å². The van der Waals surface area contributed by atoms with Crippen LogP contribution in [0.2, 0.25) is 0 Å². The third-order valence-corrected chi connectivity index (χ3v) is 3.78. The second-order valence-electron chi connectivity index (χ2n) is 4.67. The van der Waals surface area contributed by atoms with Crippen molar-refractivity contribution in [2.45, 2.75) is 44.5 Å². The number of rotatable bonds is 3. The normalized spacial score (nSPS) is 16.7. The van der Waals surface area contributed by atoms with Gasteiger partial charge in [-0.25, -0.2) is 4.98 Å². The zero-order valence-electron chi connectivity index (χ0n) is 10.0. The van der Waals surface area contributed by atoms with Gasteiger partial charge in [0.05, 0.1) is 0 Å². The Hall–Kier alpha value is -0.760. The molecule has 0 unspecified atom stereocenters. The first-order valence-electron chi connectivity index (χ1n) is 5.96. The lowest BCUT2D eigenvalue weighted by atomic mass is 10.1. The van der Waals surface area contributed by atoms with Crippen LogP contribution in [0.4, 0.5) is 5.82 Å². The molecule has 0 atom stereocenters. The molecule has 2 rings (SSSR count). The molecule has 0 radical (unpaired) electrons. The monoisotopic (exact) mass is 238 g/mol. The maximum atomic E-state index is 5.80. The topological polar surface area (TPSA) is 16.1 Å². The molecule has 0 aliphatic heterocycles. The molecule has 0 aromatic carbocycles. The van der Waals surface area contributed by atoms with E-state index in [1.807, 2.05) is 6.20 Å². The van der Waals surface area contributed by atoms with E-state index in [0.29, 0.717) is 11.9 Å². The van der Waals surface area contributed by atoms with Gasteiger partial charge in [-0.1, -0.05) is 12.8 Å². The highest BCUT2D eigenvalue weighted by molar-refractivity contribution is 6.17. The number of pyridine rings is 1. The fraction of sp³-hybridized carbons (Fsp3) is 0.615. The lowest BCUT2D eigenvalue weighted by Gasteiger charge is -2.27. The van der Waals surface area contributed by atoms with E-state index in [1.165, 1.54) is 31.2 Å². The Kier molecular flexibility index (Phi) is 3.70. The summed E-state index contributed by atoms with van der Waals surface area (Å²) in [6.45, 7) is 2.11. The first-order valence-corrected chi connectivity index (χ1v) is 6.50. The van der Waals surface area contributed by atoms with E-state index < -0.39 is 0 Å². The van der Waals surface area contributed by atoms with Gasteiger partial charge in [-0.2, -0.15) is 0 Å². The van der Waals surface area contributed by atoms with Crippen molar-refractivity contribution in [2.24, 2.45) is 0 Å². The Morgan fingerprint density at radius 1 is 1.44 bits per heavy atom. The van der Waals surface area contributed by atoms with Crippen LogP contribution in [0.3, 0.4) is 0 Å². The lowest BCUT2D eigenvalue weighted by molar-refractivity contribution is 0.644. The van der Waals surface area contributed by atoms with Crippen LogP contribution in [0.5, 0.6) is 0 Å². The van der Waals surface area contributed by atoms with Crippen molar-refractivity contribution < 1.29 is 0 Å². The smallest absolute Gasteiger partial charge is 0.131 e. The standard InChI is InChI=1S/C13H19ClN2/c1-10-7-11(8-14)9-15-13(10)16(2)12-5-3-4-6-12/h7,9,12H,3-6,8H2,1-2H3. The van der Waals surface area contributed by atoms with Crippen LogP contribution in [0.25, 0.3) is 0 Å². The average Bonchev–Trinajstić information content (AvgIpc) is 2.81. The van der Waals surface area contributed by atoms with Crippen LogP contribution in [-0.4, -0.2) is 18.1 Å². The first-order chi connectivity index (χ1) is 7.72. The second kappa shape index (κ2) is 5.05. The number of halogens is 1. The summed E-state index contributed by atoms with van der Waals surface area (Å²) in [5, 5.41) is 0. The van der Waals surface area contributed by atoms with Crippen LogP contribution < -0.4 is 4.90 Å². The molecule has 3 heteroatoms. The predicted molar refractivity (Wildman–Crippen MR) is 69.2 cm³/mol. The number of anilines is 1. The van der Waals surface area contributed by atoms with E-state index >= 15 is 0 Å². The largest absolute Gasteiger partial charge is 0.356 e. The van der Waals surface area contributed by atoms with Gasteiger partial charge in [0.25, 0.3) is 0 Å². The summed E-state index contributed by atoms with van der Waals surface area (Å²) >= 11 is 5.80. The number of aryl methyl sites for hydroxylation is 1. The van der Waals surface area contributed by atoms with Crippen molar-refractivity contribution >= 4 is 17.4 Å². The highest BCUT2D eigenvalue weighted by Gasteiger charge is 2.21. The molecule has 1 aliphatic rings. The zero-order valence-corrected chi connectivity index (χ0v) is 10.8. The molecule has 1 heterocycles. The van der Waals surface area contributed by atoms with Crippen molar-refractivity contribution in [1.29, 1.82) is 0 Å². The van der Waals surface area contributed by atoms with E-state index in [4.69, 9.17) is 11.6 Å². The maximum absolute atomic E-state index is 5.80. The summed E-state index contributed by atoms with van der Waals surface area (Å²) in [6.07, 6.45) is 7.20. The summed E-state index contributed by atoms with van der Waals surface area (Å²) < 4.78 is 0. The Morgan fingerprint density at radius 3 is 2.69 bits per heavy atom. The van der Waals surface area contributed by atoms with Crippen molar-refractivity contribution in [3.8, 4) is 0 Å². The Balaban J connectivity index is 2.19. The van der Waals surface area contributed by atoms with Crippen molar-refractivity contribution in [3.63, 3.8) is 0 Å². The van der Waals surface area contributed by atoms with Crippen LogP contribution in [0.15, 0.2) is 12.3 Å². The van der Waals surface area contributed by atoms with E-state index in [2.05, 4.69) is 29.9 Å². The molecule has 1 saturated carbocycles. The molecule has 1 aliphatic carbocycles. The highest BCUT2D eigenvalue weighted by atomic mass is 35.5. The first kappa shape index (κ1) is 11.7. The molecule has 1 aromatic rings. The van der Waals surface area contributed by atoms with Gasteiger partial charge in [0.1, 0.15) is 5.82 Å². The van der Waals surface area contributed by atoms with Crippen LogP contribution in [0.1, 0.15) is 36.8 Å².